The number of aliphatic hydroxyl groups excluding tert-OH is 1. The van der Waals surface area contributed by atoms with Gasteiger partial charge in [-0.2, -0.15) is 0 Å². The normalized spacial score (nSPS) is 18.5. The van der Waals surface area contributed by atoms with Crippen LogP contribution in [0.2, 0.25) is 0 Å². The molecule has 3 rings (SSSR count). The van der Waals surface area contributed by atoms with Gasteiger partial charge in [0.2, 0.25) is 5.89 Å². The highest BCUT2D eigenvalue weighted by Crippen LogP contribution is 2.27. The van der Waals surface area contributed by atoms with Crippen LogP contribution in [0.4, 0.5) is 16.5 Å². The van der Waals surface area contributed by atoms with E-state index >= 15 is 0 Å². The maximum Gasteiger partial charge on any atom is 0.410 e. The van der Waals surface area contributed by atoms with Crippen LogP contribution in [0.1, 0.15) is 63.3 Å². The zero-order chi connectivity index (χ0) is 23.6. The Kier molecular flexibility index (Phi) is 7.09. The molecule has 2 aromatic rings. The number of hydrogen-bond donors (Lipinski definition) is 2. The lowest BCUT2D eigenvalue weighted by molar-refractivity contribution is 0.000538. The number of carbonyl (C=O) groups excluding carboxylic acids is 1. The molecule has 1 fully saturated rings. The lowest BCUT2D eigenvalue weighted by Gasteiger charge is -2.40. The highest BCUT2D eigenvalue weighted by atomic mass is 16.6. The number of nitrogens with one attached hydrogen (secondary N) is 1. The number of aliphatic hydroxyl groups is 1. The first-order chi connectivity index (χ1) is 14.9. The Morgan fingerprint density at radius 1 is 1.31 bits per heavy atom. The van der Waals surface area contributed by atoms with Gasteiger partial charge in [0, 0.05) is 37.9 Å². The van der Waals surface area contributed by atoms with E-state index in [0.717, 1.165) is 36.4 Å². The standard InChI is InChI=1S/C23H35N5O4/c1-14-10-18(16(3)19(11-14)24-21-26-25-20(31-21)17(4)29)13-27-8-9-28(15(2)12-27)22(30)32-23(5,6)7/h10-11,15,17,29H,8-9,12-13H2,1-7H3,(H,24,26)/t15-,17-/m0/s1. The molecular weight excluding hydrogens is 410 g/mol. The molecule has 2 heterocycles. The number of rotatable bonds is 5. The van der Waals surface area contributed by atoms with Crippen LogP contribution >= 0.6 is 0 Å². The van der Waals surface area contributed by atoms with Crippen molar-refractivity contribution in [3.8, 4) is 0 Å². The molecule has 0 bridgehead atoms. The maximum absolute atomic E-state index is 12.5. The molecule has 1 aromatic heterocycles. The number of aromatic nitrogens is 2. The summed E-state index contributed by atoms with van der Waals surface area (Å²) in [7, 11) is 0. The molecule has 0 spiro atoms. The van der Waals surface area contributed by atoms with Crippen LogP contribution in [-0.2, 0) is 11.3 Å². The van der Waals surface area contributed by atoms with Crippen molar-refractivity contribution in [1.82, 2.24) is 20.0 Å². The van der Waals surface area contributed by atoms with Gasteiger partial charge in [0.25, 0.3) is 0 Å². The first-order valence-electron chi connectivity index (χ1n) is 11.0. The second-order valence-electron chi connectivity index (χ2n) is 9.60. The van der Waals surface area contributed by atoms with Gasteiger partial charge in [-0.15, -0.1) is 5.10 Å². The topological polar surface area (TPSA) is 104 Å². The van der Waals surface area contributed by atoms with Gasteiger partial charge in [0.15, 0.2) is 0 Å². The van der Waals surface area contributed by atoms with Crippen LogP contribution in [0, 0.1) is 13.8 Å². The summed E-state index contributed by atoms with van der Waals surface area (Å²) >= 11 is 0. The van der Waals surface area contributed by atoms with Gasteiger partial charge in [-0.1, -0.05) is 11.2 Å². The molecular formula is C23H35N5O4. The summed E-state index contributed by atoms with van der Waals surface area (Å²) in [6.45, 7) is 16.4. The van der Waals surface area contributed by atoms with Crippen LogP contribution in [0.3, 0.4) is 0 Å². The number of amides is 1. The highest BCUT2D eigenvalue weighted by molar-refractivity contribution is 5.68. The fraction of sp³-hybridized carbons (Fsp3) is 0.609. The van der Waals surface area contributed by atoms with E-state index < -0.39 is 11.7 Å². The smallest absolute Gasteiger partial charge is 0.410 e. The number of hydrogen-bond acceptors (Lipinski definition) is 8. The van der Waals surface area contributed by atoms with Crippen LogP contribution < -0.4 is 5.32 Å². The van der Waals surface area contributed by atoms with Crippen molar-refractivity contribution in [3.05, 3.63) is 34.7 Å². The van der Waals surface area contributed by atoms with E-state index in [2.05, 4.69) is 40.3 Å². The summed E-state index contributed by atoms with van der Waals surface area (Å²) in [4.78, 5) is 16.7. The van der Waals surface area contributed by atoms with Gasteiger partial charge in [-0.3, -0.25) is 4.90 Å². The van der Waals surface area contributed by atoms with E-state index in [9.17, 15) is 9.90 Å². The Hall–Kier alpha value is -2.65. The molecule has 1 aliphatic heterocycles. The molecule has 1 amide bonds. The Morgan fingerprint density at radius 2 is 2.03 bits per heavy atom. The third-order valence-electron chi connectivity index (χ3n) is 5.43. The molecule has 2 atom stereocenters. The van der Waals surface area contributed by atoms with Crippen molar-refractivity contribution in [2.24, 2.45) is 0 Å². The average molecular weight is 446 g/mol. The molecule has 2 N–H and O–H groups in total. The molecule has 0 aliphatic carbocycles. The molecule has 176 valence electrons. The molecule has 0 saturated carbocycles. The number of ether oxygens (including phenoxy) is 1. The van der Waals surface area contributed by atoms with Gasteiger partial charge in [-0.05, 0) is 71.2 Å². The Labute approximate surface area is 189 Å². The predicted molar refractivity (Wildman–Crippen MR) is 122 cm³/mol. The summed E-state index contributed by atoms with van der Waals surface area (Å²) in [5.41, 5.74) is 3.80. The van der Waals surface area contributed by atoms with Crippen molar-refractivity contribution in [2.45, 2.75) is 72.8 Å². The molecule has 9 heteroatoms. The van der Waals surface area contributed by atoms with E-state index in [1.807, 2.05) is 38.7 Å². The number of benzene rings is 1. The lowest BCUT2D eigenvalue weighted by atomic mass is 10.0. The minimum Gasteiger partial charge on any atom is -0.444 e. The van der Waals surface area contributed by atoms with Crippen molar-refractivity contribution in [2.75, 3.05) is 25.0 Å². The molecule has 0 unspecified atom stereocenters. The third-order valence-corrected chi connectivity index (χ3v) is 5.43. The molecule has 0 radical (unpaired) electrons. The second kappa shape index (κ2) is 9.46. The number of aryl methyl sites for hydroxylation is 1. The van der Waals surface area contributed by atoms with E-state index in [0.29, 0.717) is 6.54 Å². The Bertz CT molecular complexity index is 950. The van der Waals surface area contributed by atoms with Gasteiger partial charge in [0.05, 0.1) is 0 Å². The summed E-state index contributed by atoms with van der Waals surface area (Å²) in [5, 5.41) is 20.6. The van der Waals surface area contributed by atoms with Crippen molar-refractivity contribution in [1.29, 1.82) is 0 Å². The van der Waals surface area contributed by atoms with Gasteiger partial charge < -0.3 is 24.5 Å². The van der Waals surface area contributed by atoms with E-state index in [1.54, 1.807) is 6.92 Å². The fourth-order valence-electron chi connectivity index (χ4n) is 3.81. The SMILES string of the molecule is Cc1cc(CN2CCN(C(=O)OC(C)(C)C)[C@@H](C)C2)c(C)c(Nc2nnc([C@H](C)O)o2)c1. The highest BCUT2D eigenvalue weighted by Gasteiger charge is 2.31. The average Bonchev–Trinajstić information content (AvgIpc) is 3.13. The summed E-state index contributed by atoms with van der Waals surface area (Å²) in [5.74, 6) is 0.176. The first kappa shape index (κ1) is 24.0. The molecule has 1 aliphatic rings. The number of piperazine rings is 1. The third kappa shape index (κ3) is 5.98. The van der Waals surface area contributed by atoms with E-state index in [-0.39, 0.29) is 24.0 Å². The van der Waals surface area contributed by atoms with Gasteiger partial charge in [-0.25, -0.2) is 4.79 Å². The van der Waals surface area contributed by atoms with Crippen LogP contribution in [0.5, 0.6) is 0 Å². The largest absolute Gasteiger partial charge is 0.444 e. The van der Waals surface area contributed by atoms with Crippen LogP contribution in [0.15, 0.2) is 16.5 Å². The van der Waals surface area contributed by atoms with Gasteiger partial charge >= 0.3 is 12.1 Å². The molecule has 1 aromatic carbocycles. The van der Waals surface area contributed by atoms with Crippen molar-refractivity contribution in [3.63, 3.8) is 0 Å². The molecule has 1 saturated heterocycles. The minimum atomic E-state index is -0.812. The van der Waals surface area contributed by atoms with Crippen LogP contribution in [-0.4, -0.2) is 62.5 Å². The summed E-state index contributed by atoms with van der Waals surface area (Å²) in [6, 6.07) is 4.54. The quantitative estimate of drug-likeness (QED) is 0.714. The second-order valence-corrected chi connectivity index (χ2v) is 9.60. The fourth-order valence-corrected chi connectivity index (χ4v) is 3.81. The number of anilines is 2. The van der Waals surface area contributed by atoms with E-state index in [1.165, 1.54) is 5.56 Å². The zero-order valence-electron chi connectivity index (χ0n) is 20.1. The van der Waals surface area contributed by atoms with Crippen molar-refractivity contribution < 1.29 is 19.1 Å². The summed E-state index contributed by atoms with van der Waals surface area (Å²) < 4.78 is 11.0. The molecule has 9 nitrogen and oxygen atoms in total. The zero-order valence-corrected chi connectivity index (χ0v) is 20.1. The molecule has 32 heavy (non-hydrogen) atoms. The minimum absolute atomic E-state index is 0.0681. The lowest BCUT2D eigenvalue weighted by Crippen LogP contribution is -2.54. The number of nitrogens with zero attached hydrogens (tertiary/aromatic N) is 4. The number of carbonyl (C=O) groups is 1. The maximum atomic E-state index is 12.5. The first-order valence-corrected chi connectivity index (χ1v) is 11.0. The van der Waals surface area contributed by atoms with E-state index in [4.69, 9.17) is 9.15 Å². The van der Waals surface area contributed by atoms with Crippen molar-refractivity contribution >= 4 is 17.8 Å². The Balaban J connectivity index is 1.68. The monoisotopic (exact) mass is 445 g/mol. The summed E-state index contributed by atoms with van der Waals surface area (Å²) in [6.07, 6.45) is -1.06. The predicted octanol–water partition coefficient (Wildman–Crippen LogP) is 3.92. The van der Waals surface area contributed by atoms with Gasteiger partial charge in [0.1, 0.15) is 11.7 Å². The Morgan fingerprint density at radius 3 is 2.62 bits per heavy atom. The van der Waals surface area contributed by atoms with Crippen LogP contribution in [0.25, 0.3) is 0 Å².